The number of hydrogen-bond donors (Lipinski definition) is 1. The van der Waals surface area contributed by atoms with Crippen LogP contribution in [0.4, 0.5) is 0 Å². The zero-order valence-electron chi connectivity index (χ0n) is 15.5. The summed E-state index contributed by atoms with van der Waals surface area (Å²) < 4.78 is 33.4. The van der Waals surface area contributed by atoms with Crippen LogP contribution in [0.2, 0.25) is 0 Å². The summed E-state index contributed by atoms with van der Waals surface area (Å²) >= 11 is 0. The lowest BCUT2D eigenvalue weighted by Crippen LogP contribution is -2.43. The number of carbonyl (C=O) groups excluding carboxylic acids is 2. The number of aromatic hydroxyl groups is 1. The number of phenols is 1. The molecule has 0 spiro atoms. The first-order chi connectivity index (χ1) is 12.8. The Balaban J connectivity index is 2.03. The second-order valence-corrected chi connectivity index (χ2v) is 8.66. The number of hydrogen-bond acceptors (Lipinski definition) is 7. The van der Waals surface area contributed by atoms with E-state index < -0.39 is 34.4 Å². The van der Waals surface area contributed by atoms with Crippen LogP contribution in [0.15, 0.2) is 18.2 Å². The molecule has 0 radical (unpaired) electrons. The Kier molecular flexibility index (Phi) is 7.06. The third kappa shape index (κ3) is 5.35. The van der Waals surface area contributed by atoms with Crippen LogP contribution in [0.1, 0.15) is 36.5 Å². The molecule has 8 nitrogen and oxygen atoms in total. The van der Waals surface area contributed by atoms with E-state index in [9.17, 15) is 23.1 Å². The van der Waals surface area contributed by atoms with Gasteiger partial charge in [-0.15, -0.1) is 0 Å². The number of esters is 1. The minimum absolute atomic E-state index is 0.0606. The number of unbranched alkanes of at least 4 members (excludes halogenated alkanes) is 1. The fourth-order valence-corrected chi connectivity index (χ4v) is 4.73. The molecule has 1 fully saturated rings. The van der Waals surface area contributed by atoms with Gasteiger partial charge in [-0.25, -0.2) is 13.2 Å². The number of rotatable bonds is 8. The van der Waals surface area contributed by atoms with Crippen LogP contribution >= 0.6 is 0 Å². The van der Waals surface area contributed by atoms with Crippen LogP contribution in [0.25, 0.3) is 0 Å². The minimum Gasteiger partial charge on any atom is -0.504 e. The maximum Gasteiger partial charge on any atom is 0.342 e. The van der Waals surface area contributed by atoms with Gasteiger partial charge in [-0.2, -0.15) is 0 Å². The highest BCUT2D eigenvalue weighted by Gasteiger charge is 2.34. The third-order valence-electron chi connectivity index (χ3n) is 4.49. The Morgan fingerprint density at radius 3 is 2.67 bits per heavy atom. The van der Waals surface area contributed by atoms with E-state index in [0.29, 0.717) is 13.0 Å². The number of benzene rings is 1. The van der Waals surface area contributed by atoms with Crippen molar-refractivity contribution in [3.63, 3.8) is 0 Å². The first-order valence-corrected chi connectivity index (χ1v) is 10.6. The van der Waals surface area contributed by atoms with Gasteiger partial charge in [0.15, 0.2) is 27.9 Å². The number of nitrogens with zero attached hydrogens (tertiary/aromatic N) is 1. The summed E-state index contributed by atoms with van der Waals surface area (Å²) in [6, 6.07) is 3.99. The van der Waals surface area contributed by atoms with E-state index in [1.54, 1.807) is 0 Å². The Labute approximate surface area is 159 Å². The molecule has 0 aromatic heterocycles. The van der Waals surface area contributed by atoms with E-state index in [1.807, 2.05) is 6.92 Å². The van der Waals surface area contributed by atoms with Crippen LogP contribution in [0.3, 0.4) is 0 Å². The fourth-order valence-electron chi connectivity index (χ4n) is 3.00. The molecule has 9 heteroatoms. The molecule has 1 N–H and O–H groups in total. The zero-order chi connectivity index (χ0) is 20.0. The molecule has 0 saturated carbocycles. The number of phenolic OH excluding ortho intramolecular Hbond substituents is 1. The summed E-state index contributed by atoms with van der Waals surface area (Å²) in [4.78, 5) is 26.2. The van der Waals surface area contributed by atoms with E-state index in [1.165, 1.54) is 30.2 Å². The average Bonchev–Trinajstić information content (AvgIpc) is 2.99. The lowest BCUT2D eigenvalue weighted by atomic mass is 10.2. The molecule has 1 aromatic carbocycles. The van der Waals surface area contributed by atoms with Crippen molar-refractivity contribution in [2.45, 2.75) is 32.2 Å². The fraction of sp³-hybridized carbons (Fsp3) is 0.556. The number of ether oxygens (including phenoxy) is 2. The van der Waals surface area contributed by atoms with Crippen molar-refractivity contribution in [2.24, 2.45) is 0 Å². The number of methoxy groups -OCH3 is 1. The van der Waals surface area contributed by atoms with Crippen molar-refractivity contribution >= 4 is 21.7 Å². The van der Waals surface area contributed by atoms with Crippen LogP contribution in [-0.4, -0.2) is 68.1 Å². The van der Waals surface area contributed by atoms with Gasteiger partial charge < -0.3 is 19.5 Å². The van der Waals surface area contributed by atoms with Gasteiger partial charge in [-0.3, -0.25) is 4.79 Å². The van der Waals surface area contributed by atoms with Gasteiger partial charge in [-0.05, 0) is 25.0 Å². The standard InChI is InChI=1S/C18H25NO7S/c1-3-4-9-19(13-8-10-27(23,24)12-13)16(20)11-26-18(22)14-6-5-7-15(25-2)17(14)21/h5-7,13,21H,3-4,8-12H2,1-2H3. The highest BCUT2D eigenvalue weighted by atomic mass is 32.2. The highest BCUT2D eigenvalue weighted by Crippen LogP contribution is 2.29. The summed E-state index contributed by atoms with van der Waals surface area (Å²) in [7, 11) is -1.78. The summed E-state index contributed by atoms with van der Waals surface area (Å²) in [6.07, 6.45) is 1.97. The quantitative estimate of drug-likeness (QED) is 0.657. The van der Waals surface area contributed by atoms with Crippen LogP contribution < -0.4 is 4.74 Å². The SMILES string of the molecule is CCCCN(C(=O)COC(=O)c1cccc(OC)c1O)C1CCS(=O)(=O)C1. The van der Waals surface area contributed by atoms with Gasteiger partial charge in [-0.1, -0.05) is 19.4 Å². The molecule has 1 unspecified atom stereocenters. The van der Waals surface area contributed by atoms with E-state index in [-0.39, 0.29) is 28.6 Å². The van der Waals surface area contributed by atoms with E-state index in [4.69, 9.17) is 9.47 Å². The predicted octanol–water partition coefficient (Wildman–Crippen LogP) is 1.37. The maximum atomic E-state index is 12.6. The van der Waals surface area contributed by atoms with Crippen molar-refractivity contribution in [3.05, 3.63) is 23.8 Å². The molecule has 27 heavy (non-hydrogen) atoms. The second kappa shape index (κ2) is 9.07. The van der Waals surface area contributed by atoms with Crippen LogP contribution in [0.5, 0.6) is 11.5 Å². The van der Waals surface area contributed by atoms with Crippen molar-refractivity contribution < 1.29 is 32.6 Å². The molecule has 1 aromatic rings. The molecule has 1 atom stereocenters. The topological polar surface area (TPSA) is 110 Å². The molecule has 0 bridgehead atoms. The summed E-state index contributed by atoms with van der Waals surface area (Å²) in [5.41, 5.74) is -0.106. The highest BCUT2D eigenvalue weighted by molar-refractivity contribution is 7.91. The molecule has 1 aliphatic heterocycles. The lowest BCUT2D eigenvalue weighted by molar-refractivity contribution is -0.136. The van der Waals surface area contributed by atoms with Gasteiger partial charge in [0.25, 0.3) is 5.91 Å². The molecule has 150 valence electrons. The summed E-state index contributed by atoms with van der Waals surface area (Å²) in [5.74, 6) is -1.54. The molecule has 1 saturated heterocycles. The van der Waals surface area contributed by atoms with Gasteiger partial charge in [0.05, 0.1) is 18.6 Å². The Bertz CT molecular complexity index is 791. The normalized spacial score (nSPS) is 18.1. The smallest absolute Gasteiger partial charge is 0.342 e. The first-order valence-electron chi connectivity index (χ1n) is 8.82. The van der Waals surface area contributed by atoms with Crippen molar-refractivity contribution in [2.75, 3.05) is 31.8 Å². The Morgan fingerprint density at radius 1 is 1.33 bits per heavy atom. The summed E-state index contributed by atoms with van der Waals surface area (Å²) in [5, 5.41) is 9.99. The van der Waals surface area contributed by atoms with Gasteiger partial charge in [0.2, 0.25) is 0 Å². The first kappa shape index (κ1) is 21.0. The molecule has 2 rings (SSSR count). The minimum atomic E-state index is -3.14. The monoisotopic (exact) mass is 399 g/mol. The molecule has 1 heterocycles. The molecule has 0 aliphatic carbocycles. The number of carbonyl (C=O) groups is 2. The third-order valence-corrected chi connectivity index (χ3v) is 6.24. The Hall–Kier alpha value is -2.29. The van der Waals surface area contributed by atoms with Gasteiger partial charge in [0, 0.05) is 12.6 Å². The van der Waals surface area contributed by atoms with Gasteiger partial charge in [0.1, 0.15) is 5.56 Å². The van der Waals surface area contributed by atoms with E-state index >= 15 is 0 Å². The number of para-hydroxylation sites is 1. The zero-order valence-corrected chi connectivity index (χ0v) is 16.3. The van der Waals surface area contributed by atoms with Crippen molar-refractivity contribution in [1.29, 1.82) is 0 Å². The largest absolute Gasteiger partial charge is 0.504 e. The molecular weight excluding hydrogens is 374 g/mol. The maximum absolute atomic E-state index is 12.6. The Morgan fingerprint density at radius 2 is 2.07 bits per heavy atom. The number of sulfone groups is 1. The molecular formula is C18H25NO7S. The summed E-state index contributed by atoms with van der Waals surface area (Å²) in [6.45, 7) is 1.87. The van der Waals surface area contributed by atoms with Crippen molar-refractivity contribution in [3.8, 4) is 11.5 Å². The average molecular weight is 399 g/mol. The van der Waals surface area contributed by atoms with Gasteiger partial charge >= 0.3 is 5.97 Å². The number of amides is 1. The predicted molar refractivity (Wildman–Crippen MR) is 98.6 cm³/mol. The molecule has 1 amide bonds. The van der Waals surface area contributed by atoms with Crippen LogP contribution in [-0.2, 0) is 19.4 Å². The second-order valence-electron chi connectivity index (χ2n) is 6.43. The lowest BCUT2D eigenvalue weighted by Gasteiger charge is -2.28. The van der Waals surface area contributed by atoms with E-state index in [2.05, 4.69) is 0 Å². The van der Waals surface area contributed by atoms with E-state index in [0.717, 1.165) is 12.8 Å². The molecule has 1 aliphatic rings. The van der Waals surface area contributed by atoms with Crippen LogP contribution in [0, 0.1) is 0 Å². The van der Waals surface area contributed by atoms with Crippen molar-refractivity contribution in [1.82, 2.24) is 4.90 Å².